The second-order valence-electron chi connectivity index (χ2n) is 4.00. The van der Waals surface area contributed by atoms with Crippen molar-refractivity contribution < 1.29 is 13.2 Å². The van der Waals surface area contributed by atoms with E-state index in [2.05, 4.69) is 0 Å². The molecule has 0 heterocycles. The molecular weight excluding hydrogens is 233 g/mol. The summed E-state index contributed by atoms with van der Waals surface area (Å²) in [4.78, 5) is 0.355. The van der Waals surface area contributed by atoms with Crippen LogP contribution in [0.3, 0.4) is 0 Å². The molecule has 0 N–H and O–H groups in total. The van der Waals surface area contributed by atoms with E-state index in [0.29, 0.717) is 4.90 Å². The van der Waals surface area contributed by atoms with E-state index < -0.39 is 5.51 Å². The topological polar surface area (TPSA) is 0 Å². The van der Waals surface area contributed by atoms with Gasteiger partial charge in [0.2, 0.25) is 0 Å². The van der Waals surface area contributed by atoms with E-state index in [1.165, 1.54) is 0 Å². The lowest BCUT2D eigenvalue weighted by Crippen LogP contribution is -2.05. The highest BCUT2D eigenvalue weighted by atomic mass is 32.2. The Morgan fingerprint density at radius 2 is 1.00 bits per heavy atom. The molecule has 0 unspecified atom stereocenters. The minimum absolute atomic E-state index is 0.00898. The van der Waals surface area contributed by atoms with Crippen LogP contribution in [0.2, 0.25) is 0 Å². The van der Waals surface area contributed by atoms with Crippen LogP contribution in [-0.4, -0.2) is 5.51 Å². The first kappa shape index (κ1) is 13.4. The Bertz CT molecular complexity index is 390. The maximum absolute atomic E-state index is 12.4. The normalized spacial score (nSPS) is 12.0. The third kappa shape index (κ3) is 2.54. The van der Waals surface area contributed by atoms with Crippen molar-refractivity contribution in [3.63, 3.8) is 0 Å². The van der Waals surface area contributed by atoms with Crippen molar-refractivity contribution in [2.75, 3.05) is 0 Å². The summed E-state index contributed by atoms with van der Waals surface area (Å²) in [5, 5.41) is 0. The average Bonchev–Trinajstić information content (AvgIpc) is 2.17. The summed E-state index contributed by atoms with van der Waals surface area (Å²) in [5.41, 5.74) is 0.251. The predicted molar refractivity (Wildman–Crippen MR) is 62.0 cm³/mol. The number of hydrogen-bond donors (Lipinski definition) is 0. The second-order valence-corrected chi connectivity index (χ2v) is 5.08. The molecule has 1 aromatic carbocycles. The fourth-order valence-corrected chi connectivity index (χ4v) is 2.58. The summed E-state index contributed by atoms with van der Waals surface area (Å²) in [6.07, 6.45) is 0. The molecule has 0 aliphatic heterocycles. The van der Waals surface area contributed by atoms with E-state index in [1.807, 2.05) is 20.8 Å². The number of alkyl halides is 3. The molecule has 0 spiro atoms. The quantitative estimate of drug-likeness (QED) is 0.641. The van der Waals surface area contributed by atoms with E-state index in [4.69, 9.17) is 0 Å². The van der Waals surface area contributed by atoms with E-state index in [9.17, 15) is 13.2 Å². The third-order valence-electron chi connectivity index (χ3n) is 3.15. The number of thioether (sulfide) groups is 1. The van der Waals surface area contributed by atoms with Crippen molar-refractivity contribution in [3.05, 3.63) is 27.8 Å². The fourth-order valence-electron chi connectivity index (χ4n) is 1.73. The largest absolute Gasteiger partial charge is 0.446 e. The van der Waals surface area contributed by atoms with Crippen molar-refractivity contribution in [2.45, 2.75) is 45.0 Å². The van der Waals surface area contributed by atoms with Gasteiger partial charge in [-0.3, -0.25) is 0 Å². The summed E-state index contributed by atoms with van der Waals surface area (Å²) in [7, 11) is 0. The van der Waals surface area contributed by atoms with E-state index in [0.717, 1.165) is 27.8 Å². The van der Waals surface area contributed by atoms with Gasteiger partial charge < -0.3 is 0 Å². The smallest absolute Gasteiger partial charge is 0.160 e. The average molecular weight is 248 g/mol. The lowest BCUT2D eigenvalue weighted by atomic mass is 9.95. The molecule has 0 atom stereocenters. The molecule has 16 heavy (non-hydrogen) atoms. The predicted octanol–water partition coefficient (Wildman–Crippen LogP) is 4.84. The van der Waals surface area contributed by atoms with E-state index in [-0.39, 0.29) is 11.8 Å². The molecule has 0 radical (unpaired) electrons. The molecule has 4 heteroatoms. The maximum atomic E-state index is 12.4. The van der Waals surface area contributed by atoms with Crippen LogP contribution in [0.15, 0.2) is 4.90 Å². The number of rotatable bonds is 1. The Morgan fingerprint density at radius 1 is 0.688 bits per heavy atom. The van der Waals surface area contributed by atoms with Crippen molar-refractivity contribution in [3.8, 4) is 0 Å². The molecule has 1 rings (SSSR count). The van der Waals surface area contributed by atoms with Gasteiger partial charge in [0, 0.05) is 4.90 Å². The summed E-state index contributed by atoms with van der Waals surface area (Å²) >= 11 is -0.00898. The van der Waals surface area contributed by atoms with Gasteiger partial charge in [0.25, 0.3) is 0 Å². The fraction of sp³-hybridized carbons (Fsp3) is 0.500. The van der Waals surface area contributed by atoms with Gasteiger partial charge in [-0.25, -0.2) is 0 Å². The summed E-state index contributed by atoms with van der Waals surface area (Å²) in [5.74, 6) is 0. The third-order valence-corrected chi connectivity index (χ3v) is 4.20. The molecule has 0 nitrogen and oxygen atoms in total. The van der Waals surface area contributed by atoms with Crippen LogP contribution in [0.25, 0.3) is 0 Å². The lowest BCUT2D eigenvalue weighted by molar-refractivity contribution is -0.0328. The molecule has 0 saturated heterocycles. The van der Waals surface area contributed by atoms with Crippen LogP contribution in [0.5, 0.6) is 0 Å². The molecular formula is C12H15F3S. The summed E-state index contributed by atoms with van der Waals surface area (Å²) in [6, 6.07) is 0. The van der Waals surface area contributed by atoms with E-state index >= 15 is 0 Å². The van der Waals surface area contributed by atoms with Gasteiger partial charge in [0.05, 0.1) is 0 Å². The zero-order valence-electron chi connectivity index (χ0n) is 10.0. The van der Waals surface area contributed by atoms with Crippen LogP contribution < -0.4 is 0 Å². The summed E-state index contributed by atoms with van der Waals surface area (Å²) < 4.78 is 37.3. The standard InChI is InChI=1S/C12H15F3S/c1-6-7(2)9(4)11(10(5)8(6)3)16-12(13,14)15/h1-5H3. The number of halogens is 3. The van der Waals surface area contributed by atoms with Gasteiger partial charge in [0.15, 0.2) is 0 Å². The highest BCUT2D eigenvalue weighted by Gasteiger charge is 2.31. The first-order valence-corrected chi connectivity index (χ1v) is 5.79. The van der Waals surface area contributed by atoms with Crippen molar-refractivity contribution in [2.24, 2.45) is 0 Å². The first-order chi connectivity index (χ1) is 7.15. The molecule has 0 bridgehead atoms. The Balaban J connectivity index is 3.40. The van der Waals surface area contributed by atoms with Gasteiger partial charge in [-0.15, -0.1) is 0 Å². The van der Waals surface area contributed by atoms with Gasteiger partial charge in [-0.2, -0.15) is 13.2 Å². The van der Waals surface area contributed by atoms with Crippen molar-refractivity contribution in [1.82, 2.24) is 0 Å². The van der Waals surface area contributed by atoms with Crippen molar-refractivity contribution >= 4 is 11.8 Å². The zero-order valence-corrected chi connectivity index (χ0v) is 10.9. The molecule has 1 aromatic rings. The Morgan fingerprint density at radius 3 is 1.31 bits per heavy atom. The molecule has 90 valence electrons. The Kier molecular flexibility index (Phi) is 3.62. The Hall–Kier alpha value is -0.640. The molecule has 0 aromatic heterocycles. The first-order valence-electron chi connectivity index (χ1n) is 4.98. The van der Waals surface area contributed by atoms with Gasteiger partial charge >= 0.3 is 5.51 Å². The minimum Gasteiger partial charge on any atom is -0.160 e. The van der Waals surface area contributed by atoms with Gasteiger partial charge in [-0.1, -0.05) is 0 Å². The second kappa shape index (κ2) is 4.32. The van der Waals surface area contributed by atoms with E-state index in [1.54, 1.807) is 13.8 Å². The van der Waals surface area contributed by atoms with Crippen LogP contribution in [0, 0.1) is 34.6 Å². The molecule has 0 fully saturated rings. The monoisotopic (exact) mass is 248 g/mol. The zero-order chi connectivity index (χ0) is 12.7. The van der Waals surface area contributed by atoms with Gasteiger partial charge in [-0.05, 0) is 74.2 Å². The minimum atomic E-state index is -4.22. The lowest BCUT2D eigenvalue weighted by Gasteiger charge is -2.18. The maximum Gasteiger partial charge on any atom is 0.446 e. The molecule has 0 amide bonds. The highest BCUT2D eigenvalue weighted by molar-refractivity contribution is 8.00. The SMILES string of the molecule is Cc1c(C)c(C)c(SC(F)(F)F)c(C)c1C. The number of benzene rings is 1. The Labute approximate surface area is 98.2 Å². The van der Waals surface area contributed by atoms with Crippen LogP contribution in [-0.2, 0) is 0 Å². The van der Waals surface area contributed by atoms with Gasteiger partial charge in [0.1, 0.15) is 0 Å². The van der Waals surface area contributed by atoms with Crippen LogP contribution >= 0.6 is 11.8 Å². The number of hydrogen-bond acceptors (Lipinski definition) is 1. The highest BCUT2D eigenvalue weighted by Crippen LogP contribution is 2.42. The van der Waals surface area contributed by atoms with Crippen LogP contribution in [0.1, 0.15) is 27.8 Å². The van der Waals surface area contributed by atoms with Crippen molar-refractivity contribution in [1.29, 1.82) is 0 Å². The molecule has 0 aliphatic carbocycles. The van der Waals surface area contributed by atoms with Crippen LogP contribution in [0.4, 0.5) is 13.2 Å². The molecule has 0 aliphatic rings. The molecule has 0 saturated carbocycles. The summed E-state index contributed by atoms with van der Waals surface area (Å²) in [6.45, 7) is 9.20.